The van der Waals surface area contributed by atoms with Crippen LogP contribution in [-0.4, -0.2) is 33.6 Å². The molecule has 0 radical (unpaired) electrons. The number of aliphatic hydroxyl groups excluding tert-OH is 3. The second-order valence-corrected chi connectivity index (χ2v) is 2.21. The van der Waals surface area contributed by atoms with Crippen molar-refractivity contribution in [3.05, 3.63) is 12.2 Å². The molecular formula is C6H10O3. The van der Waals surface area contributed by atoms with Crippen LogP contribution in [0.4, 0.5) is 0 Å². The standard InChI is InChI=1S/C6H10O3/c7-4-2-1-3-5(8)6(4)9/h1-2,4-9H,3H2/t4-,5-,6+/m1/s1. The van der Waals surface area contributed by atoms with Gasteiger partial charge in [0, 0.05) is 0 Å². The highest BCUT2D eigenvalue weighted by Crippen LogP contribution is 2.11. The van der Waals surface area contributed by atoms with Gasteiger partial charge in [0.05, 0.1) is 6.10 Å². The minimum absolute atomic E-state index is 0.429. The molecule has 3 N–H and O–H groups in total. The zero-order valence-corrected chi connectivity index (χ0v) is 4.94. The molecule has 1 aliphatic rings. The van der Waals surface area contributed by atoms with Gasteiger partial charge in [0.15, 0.2) is 0 Å². The molecule has 0 aromatic carbocycles. The third-order valence-electron chi connectivity index (χ3n) is 1.45. The van der Waals surface area contributed by atoms with Gasteiger partial charge in [-0.15, -0.1) is 0 Å². The minimum Gasteiger partial charge on any atom is -0.390 e. The highest BCUT2D eigenvalue weighted by atomic mass is 16.4. The number of hydrogen-bond acceptors (Lipinski definition) is 3. The maximum atomic E-state index is 8.89. The smallest absolute Gasteiger partial charge is 0.110 e. The lowest BCUT2D eigenvalue weighted by atomic mass is 9.99. The van der Waals surface area contributed by atoms with Crippen molar-refractivity contribution in [1.29, 1.82) is 0 Å². The third-order valence-corrected chi connectivity index (χ3v) is 1.45. The highest BCUT2D eigenvalue weighted by molar-refractivity contribution is 5.01. The van der Waals surface area contributed by atoms with Crippen molar-refractivity contribution in [2.45, 2.75) is 24.7 Å². The molecule has 0 aromatic rings. The number of aliphatic hydroxyl groups is 3. The molecule has 0 bridgehead atoms. The summed E-state index contributed by atoms with van der Waals surface area (Å²) in [5, 5.41) is 26.6. The first-order valence-electron chi connectivity index (χ1n) is 2.92. The molecule has 0 aliphatic heterocycles. The molecule has 1 rings (SSSR count). The Hall–Kier alpha value is -0.380. The Bertz CT molecular complexity index is 121. The van der Waals surface area contributed by atoms with Gasteiger partial charge < -0.3 is 15.3 Å². The molecule has 52 valence electrons. The van der Waals surface area contributed by atoms with E-state index in [1.807, 2.05) is 0 Å². The zero-order valence-electron chi connectivity index (χ0n) is 4.94. The lowest BCUT2D eigenvalue weighted by Crippen LogP contribution is -2.38. The summed E-state index contributed by atoms with van der Waals surface area (Å²) in [6.45, 7) is 0. The predicted molar refractivity (Wildman–Crippen MR) is 31.8 cm³/mol. The highest BCUT2D eigenvalue weighted by Gasteiger charge is 2.24. The molecule has 0 aromatic heterocycles. The average molecular weight is 130 g/mol. The van der Waals surface area contributed by atoms with E-state index in [4.69, 9.17) is 15.3 Å². The van der Waals surface area contributed by atoms with Gasteiger partial charge in [-0.1, -0.05) is 12.2 Å². The maximum Gasteiger partial charge on any atom is 0.110 e. The van der Waals surface area contributed by atoms with E-state index >= 15 is 0 Å². The topological polar surface area (TPSA) is 60.7 Å². The van der Waals surface area contributed by atoms with Gasteiger partial charge in [0.2, 0.25) is 0 Å². The van der Waals surface area contributed by atoms with Crippen LogP contribution in [0.1, 0.15) is 6.42 Å². The molecule has 0 amide bonds. The van der Waals surface area contributed by atoms with Crippen molar-refractivity contribution >= 4 is 0 Å². The van der Waals surface area contributed by atoms with Crippen molar-refractivity contribution in [2.24, 2.45) is 0 Å². The van der Waals surface area contributed by atoms with E-state index in [0.717, 1.165) is 0 Å². The van der Waals surface area contributed by atoms with E-state index in [1.54, 1.807) is 6.08 Å². The Balaban J connectivity index is 2.58. The maximum absolute atomic E-state index is 8.89. The second kappa shape index (κ2) is 2.47. The van der Waals surface area contributed by atoms with Gasteiger partial charge >= 0.3 is 0 Å². The Morgan fingerprint density at radius 1 is 1.22 bits per heavy atom. The van der Waals surface area contributed by atoms with Crippen LogP contribution in [0.15, 0.2) is 12.2 Å². The SMILES string of the molecule is O[C@H]1[C@H](O)C=CC[C@H]1O. The van der Waals surface area contributed by atoms with Crippen LogP contribution >= 0.6 is 0 Å². The van der Waals surface area contributed by atoms with Gasteiger partial charge in [-0.05, 0) is 6.42 Å². The van der Waals surface area contributed by atoms with Gasteiger partial charge in [-0.25, -0.2) is 0 Å². The molecule has 3 atom stereocenters. The summed E-state index contributed by atoms with van der Waals surface area (Å²) in [5.41, 5.74) is 0. The summed E-state index contributed by atoms with van der Waals surface area (Å²) in [6.07, 6.45) is 0.867. The molecule has 9 heavy (non-hydrogen) atoms. The van der Waals surface area contributed by atoms with E-state index in [-0.39, 0.29) is 0 Å². The first kappa shape index (κ1) is 6.74. The van der Waals surface area contributed by atoms with Gasteiger partial charge in [0.1, 0.15) is 12.2 Å². The van der Waals surface area contributed by atoms with Crippen molar-refractivity contribution < 1.29 is 15.3 Å². The van der Waals surface area contributed by atoms with Gasteiger partial charge in [-0.2, -0.15) is 0 Å². The predicted octanol–water partition coefficient (Wildman–Crippen LogP) is -0.971. The first-order valence-corrected chi connectivity index (χ1v) is 2.92. The van der Waals surface area contributed by atoms with Crippen LogP contribution in [-0.2, 0) is 0 Å². The summed E-state index contributed by atoms with van der Waals surface area (Å²) in [5.74, 6) is 0. The lowest BCUT2D eigenvalue weighted by Gasteiger charge is -2.23. The van der Waals surface area contributed by atoms with Crippen LogP contribution < -0.4 is 0 Å². The summed E-state index contributed by atoms with van der Waals surface area (Å²) in [7, 11) is 0. The molecule has 0 spiro atoms. The fourth-order valence-electron chi connectivity index (χ4n) is 0.838. The molecule has 3 nitrogen and oxygen atoms in total. The van der Waals surface area contributed by atoms with Gasteiger partial charge in [0.25, 0.3) is 0 Å². The number of rotatable bonds is 0. The Morgan fingerprint density at radius 2 is 1.89 bits per heavy atom. The first-order chi connectivity index (χ1) is 4.22. The van der Waals surface area contributed by atoms with E-state index in [2.05, 4.69) is 0 Å². The molecule has 0 fully saturated rings. The number of hydrogen-bond donors (Lipinski definition) is 3. The Labute approximate surface area is 53.3 Å². The third kappa shape index (κ3) is 1.30. The molecular weight excluding hydrogens is 120 g/mol. The Kier molecular flexibility index (Phi) is 1.85. The molecule has 3 heteroatoms. The average Bonchev–Trinajstić information content (AvgIpc) is 1.83. The van der Waals surface area contributed by atoms with Crippen LogP contribution in [0.25, 0.3) is 0 Å². The summed E-state index contributed by atoms with van der Waals surface area (Å²) in [6, 6.07) is 0. The van der Waals surface area contributed by atoms with Crippen molar-refractivity contribution in [3.8, 4) is 0 Å². The molecule has 0 heterocycles. The van der Waals surface area contributed by atoms with Crippen LogP contribution in [0.3, 0.4) is 0 Å². The van der Waals surface area contributed by atoms with E-state index in [0.29, 0.717) is 6.42 Å². The largest absolute Gasteiger partial charge is 0.390 e. The van der Waals surface area contributed by atoms with Crippen molar-refractivity contribution in [1.82, 2.24) is 0 Å². The van der Waals surface area contributed by atoms with E-state index < -0.39 is 18.3 Å². The monoisotopic (exact) mass is 130 g/mol. The molecule has 0 saturated carbocycles. The normalized spacial score (nSPS) is 43.2. The lowest BCUT2D eigenvalue weighted by molar-refractivity contribution is -0.0453. The fourth-order valence-corrected chi connectivity index (χ4v) is 0.838. The quantitative estimate of drug-likeness (QED) is 0.370. The Morgan fingerprint density at radius 3 is 2.33 bits per heavy atom. The van der Waals surface area contributed by atoms with Crippen molar-refractivity contribution in [3.63, 3.8) is 0 Å². The second-order valence-electron chi connectivity index (χ2n) is 2.21. The summed E-state index contributed by atoms with van der Waals surface area (Å²) < 4.78 is 0. The summed E-state index contributed by atoms with van der Waals surface area (Å²) in [4.78, 5) is 0. The van der Waals surface area contributed by atoms with Crippen LogP contribution in [0.2, 0.25) is 0 Å². The summed E-state index contributed by atoms with van der Waals surface area (Å²) >= 11 is 0. The van der Waals surface area contributed by atoms with Gasteiger partial charge in [-0.3, -0.25) is 0 Å². The zero-order chi connectivity index (χ0) is 6.85. The van der Waals surface area contributed by atoms with Crippen LogP contribution in [0.5, 0.6) is 0 Å². The fraction of sp³-hybridized carbons (Fsp3) is 0.667. The molecule has 0 unspecified atom stereocenters. The van der Waals surface area contributed by atoms with E-state index in [1.165, 1.54) is 6.08 Å². The van der Waals surface area contributed by atoms with Crippen molar-refractivity contribution in [2.75, 3.05) is 0 Å². The molecule has 0 saturated heterocycles. The molecule has 1 aliphatic carbocycles. The van der Waals surface area contributed by atoms with Crippen LogP contribution in [0, 0.1) is 0 Å². The minimum atomic E-state index is -1.00. The van der Waals surface area contributed by atoms with E-state index in [9.17, 15) is 0 Å².